The molecule has 0 fully saturated rings. The molecule has 10 nitrogen and oxygen atoms in total. The molecule has 0 aromatic heterocycles. The number of carbonyl (C=O) groups excluding carboxylic acids is 4. The van der Waals surface area contributed by atoms with Crippen LogP contribution >= 0.6 is 0 Å². The molecule has 0 spiro atoms. The van der Waals surface area contributed by atoms with Crippen LogP contribution in [0.15, 0.2) is 50.6 Å². The predicted molar refractivity (Wildman–Crippen MR) is 108 cm³/mol. The van der Waals surface area contributed by atoms with Gasteiger partial charge < -0.3 is 28.8 Å². The van der Waals surface area contributed by atoms with Crippen molar-refractivity contribution in [2.45, 2.75) is 24.7 Å². The van der Waals surface area contributed by atoms with Gasteiger partial charge in [0.15, 0.2) is 6.10 Å². The summed E-state index contributed by atoms with van der Waals surface area (Å²) < 4.78 is 26.0. The van der Waals surface area contributed by atoms with Gasteiger partial charge in [0.2, 0.25) is 0 Å². The number of carbonyl (C=O) groups is 4. The maximum atomic E-state index is 12.0. The van der Waals surface area contributed by atoms with E-state index in [1.165, 1.54) is 7.11 Å². The molecular formula is C21H28O10. The Morgan fingerprint density at radius 3 is 1.65 bits per heavy atom. The molecule has 0 aliphatic heterocycles. The van der Waals surface area contributed by atoms with Crippen molar-refractivity contribution in [1.82, 2.24) is 0 Å². The van der Waals surface area contributed by atoms with Gasteiger partial charge in [-0.2, -0.15) is 0 Å². The molecule has 4 atom stereocenters. The van der Waals surface area contributed by atoms with E-state index in [0.29, 0.717) is 0 Å². The fourth-order valence-corrected chi connectivity index (χ4v) is 2.43. The fraction of sp³-hybridized carbons (Fsp3) is 0.429. The van der Waals surface area contributed by atoms with Crippen LogP contribution in [-0.4, -0.2) is 74.2 Å². The van der Waals surface area contributed by atoms with Crippen LogP contribution in [0.5, 0.6) is 0 Å². The van der Waals surface area contributed by atoms with Gasteiger partial charge in [0.05, 0.1) is 6.61 Å². The molecule has 0 radical (unpaired) electrons. The largest absolute Gasteiger partial charge is 0.462 e. The zero-order valence-corrected chi connectivity index (χ0v) is 17.4. The molecule has 10 heteroatoms. The van der Waals surface area contributed by atoms with E-state index in [0.717, 1.165) is 24.3 Å². The minimum absolute atomic E-state index is 0.00939. The number of methoxy groups -OCH3 is 1. The smallest absolute Gasteiger partial charge is 0.330 e. The second-order valence-electron chi connectivity index (χ2n) is 5.93. The van der Waals surface area contributed by atoms with Crippen LogP contribution in [0.4, 0.5) is 0 Å². The summed E-state index contributed by atoms with van der Waals surface area (Å²) in [5, 5.41) is 9.46. The quantitative estimate of drug-likeness (QED) is 0.207. The average Bonchev–Trinajstić information content (AvgIpc) is 2.78. The predicted octanol–water partition coefficient (Wildman–Crippen LogP) is 0.654. The second kappa shape index (κ2) is 15.6. The summed E-state index contributed by atoms with van der Waals surface area (Å²) >= 11 is 0. The highest BCUT2D eigenvalue weighted by Gasteiger charge is 2.41. The first kappa shape index (κ1) is 27.8. The van der Waals surface area contributed by atoms with Crippen molar-refractivity contribution < 1.29 is 48.0 Å². The van der Waals surface area contributed by atoms with Crippen LogP contribution in [0.1, 0.15) is 6.42 Å². The number of rotatable bonds is 16. The van der Waals surface area contributed by atoms with Crippen molar-refractivity contribution in [3.05, 3.63) is 50.6 Å². The van der Waals surface area contributed by atoms with E-state index in [4.69, 9.17) is 23.7 Å². The lowest BCUT2D eigenvalue weighted by atomic mass is 9.92. The average molecular weight is 440 g/mol. The van der Waals surface area contributed by atoms with Crippen molar-refractivity contribution in [2.75, 3.05) is 26.9 Å². The topological polar surface area (TPSA) is 135 Å². The Labute approximate surface area is 180 Å². The summed E-state index contributed by atoms with van der Waals surface area (Å²) in [7, 11) is 1.26. The van der Waals surface area contributed by atoms with E-state index < -0.39 is 54.7 Å². The molecule has 0 aromatic rings. The zero-order valence-electron chi connectivity index (χ0n) is 17.4. The number of aliphatic hydroxyl groups excluding tert-OH is 1. The van der Waals surface area contributed by atoms with Crippen LogP contribution < -0.4 is 0 Å². The van der Waals surface area contributed by atoms with Gasteiger partial charge in [-0.05, 0) is 6.42 Å². The molecule has 0 aliphatic carbocycles. The van der Waals surface area contributed by atoms with Crippen LogP contribution in [0.3, 0.4) is 0 Å². The summed E-state index contributed by atoms with van der Waals surface area (Å²) in [6.45, 7) is 12.1. The molecule has 4 unspecified atom stereocenters. The summed E-state index contributed by atoms with van der Waals surface area (Å²) in [4.78, 5) is 46.9. The van der Waals surface area contributed by atoms with E-state index in [2.05, 4.69) is 26.3 Å². The second-order valence-corrected chi connectivity index (χ2v) is 5.93. The lowest BCUT2D eigenvalue weighted by Crippen LogP contribution is -2.50. The highest BCUT2D eigenvalue weighted by molar-refractivity contribution is 5.83. The van der Waals surface area contributed by atoms with Crippen molar-refractivity contribution in [2.24, 2.45) is 5.92 Å². The fourth-order valence-electron chi connectivity index (χ4n) is 2.43. The highest BCUT2D eigenvalue weighted by atomic mass is 16.6. The van der Waals surface area contributed by atoms with E-state index in [1.807, 2.05) is 0 Å². The Kier molecular flexibility index (Phi) is 14.0. The van der Waals surface area contributed by atoms with Crippen molar-refractivity contribution in [1.29, 1.82) is 0 Å². The third-order valence-electron chi connectivity index (χ3n) is 3.96. The number of hydrogen-bond acceptors (Lipinski definition) is 10. The van der Waals surface area contributed by atoms with Gasteiger partial charge in [-0.3, -0.25) is 0 Å². The number of esters is 4. The van der Waals surface area contributed by atoms with Gasteiger partial charge in [0.25, 0.3) is 0 Å². The summed E-state index contributed by atoms with van der Waals surface area (Å²) in [6.07, 6.45) is -0.122. The van der Waals surface area contributed by atoms with E-state index in [9.17, 15) is 24.3 Å². The molecule has 0 bridgehead atoms. The Hall–Kier alpha value is -3.24. The number of ether oxygens (including phenoxy) is 5. The first-order valence-corrected chi connectivity index (χ1v) is 9.15. The van der Waals surface area contributed by atoms with E-state index in [1.54, 1.807) is 0 Å². The first-order valence-electron chi connectivity index (χ1n) is 9.15. The number of hydrogen-bond donors (Lipinski definition) is 1. The molecule has 31 heavy (non-hydrogen) atoms. The van der Waals surface area contributed by atoms with Crippen LogP contribution in [0, 0.1) is 5.92 Å². The Morgan fingerprint density at radius 1 is 0.774 bits per heavy atom. The SMILES string of the molecule is C=CC(=O)OCC(CCO)C(OC(=O)C=C)C(OC(=O)C=C)C(COC(=O)C=C)OC. The first-order chi connectivity index (χ1) is 14.8. The Bertz CT molecular complexity index is 669. The van der Waals surface area contributed by atoms with Gasteiger partial charge >= 0.3 is 23.9 Å². The monoisotopic (exact) mass is 440 g/mol. The van der Waals surface area contributed by atoms with Crippen molar-refractivity contribution in [3.8, 4) is 0 Å². The normalized spacial score (nSPS) is 14.0. The standard InChI is InChI=1S/C21H28O10/c1-6-16(23)28-12-14(10-11-22)20(30-18(25)8-3)21(31-19(26)9-4)15(27-5)13-29-17(24)7-2/h6-9,14-15,20-22H,1-4,10-13H2,5H3. The summed E-state index contributed by atoms with van der Waals surface area (Å²) in [6, 6.07) is 0. The van der Waals surface area contributed by atoms with Gasteiger partial charge in [0.1, 0.15) is 18.8 Å². The van der Waals surface area contributed by atoms with Gasteiger partial charge in [-0.15, -0.1) is 0 Å². The van der Waals surface area contributed by atoms with E-state index >= 15 is 0 Å². The minimum atomic E-state index is -1.34. The lowest BCUT2D eigenvalue weighted by Gasteiger charge is -2.35. The third kappa shape index (κ3) is 10.4. The Balaban J connectivity index is 6.10. The van der Waals surface area contributed by atoms with E-state index in [-0.39, 0.29) is 19.6 Å². The highest BCUT2D eigenvalue weighted by Crippen LogP contribution is 2.24. The molecule has 0 amide bonds. The maximum Gasteiger partial charge on any atom is 0.330 e. The molecule has 0 heterocycles. The molecule has 172 valence electrons. The van der Waals surface area contributed by atoms with Crippen molar-refractivity contribution >= 4 is 23.9 Å². The molecule has 0 aromatic carbocycles. The molecule has 0 saturated carbocycles. The van der Waals surface area contributed by atoms with Gasteiger partial charge in [-0.25, -0.2) is 19.2 Å². The third-order valence-corrected chi connectivity index (χ3v) is 3.96. The Morgan fingerprint density at radius 2 is 1.23 bits per heavy atom. The van der Waals surface area contributed by atoms with Crippen LogP contribution in [-0.2, 0) is 42.9 Å². The summed E-state index contributed by atoms with van der Waals surface area (Å²) in [5.41, 5.74) is 0. The molecule has 0 saturated heterocycles. The molecule has 1 N–H and O–H groups in total. The maximum absolute atomic E-state index is 12.0. The number of aliphatic hydroxyl groups is 1. The lowest BCUT2D eigenvalue weighted by molar-refractivity contribution is -0.188. The minimum Gasteiger partial charge on any atom is -0.462 e. The van der Waals surface area contributed by atoms with Crippen molar-refractivity contribution in [3.63, 3.8) is 0 Å². The molecule has 0 aliphatic rings. The summed E-state index contributed by atoms with van der Waals surface area (Å²) in [5.74, 6) is -4.11. The zero-order chi connectivity index (χ0) is 23.8. The van der Waals surface area contributed by atoms with Crippen LogP contribution in [0.25, 0.3) is 0 Å². The van der Waals surface area contributed by atoms with Gasteiger partial charge in [-0.1, -0.05) is 26.3 Å². The molecule has 0 rings (SSSR count). The van der Waals surface area contributed by atoms with Crippen LogP contribution in [0.2, 0.25) is 0 Å². The molecular weight excluding hydrogens is 412 g/mol. The van der Waals surface area contributed by atoms with Gasteiger partial charge in [0, 0.05) is 43.9 Å².